The summed E-state index contributed by atoms with van der Waals surface area (Å²) in [6.07, 6.45) is 4.17. The SMILES string of the molecule is Cc1ccc(OCC[NH+]2CCCCC2)c(Br)c1. The lowest BCUT2D eigenvalue weighted by atomic mass is 10.1. The summed E-state index contributed by atoms with van der Waals surface area (Å²) in [5.41, 5.74) is 1.26. The highest BCUT2D eigenvalue weighted by Gasteiger charge is 2.13. The number of likely N-dealkylation sites (tertiary alicyclic amines) is 1. The Kier molecular flexibility index (Phi) is 4.86. The van der Waals surface area contributed by atoms with E-state index in [0.29, 0.717) is 0 Å². The molecule has 1 heterocycles. The van der Waals surface area contributed by atoms with E-state index in [0.717, 1.165) is 23.4 Å². The van der Waals surface area contributed by atoms with Gasteiger partial charge in [-0.3, -0.25) is 0 Å². The molecule has 1 N–H and O–H groups in total. The van der Waals surface area contributed by atoms with Gasteiger partial charge in [0.1, 0.15) is 18.9 Å². The van der Waals surface area contributed by atoms with E-state index in [1.54, 1.807) is 4.90 Å². The van der Waals surface area contributed by atoms with Crippen molar-refractivity contribution in [2.24, 2.45) is 0 Å². The van der Waals surface area contributed by atoms with Gasteiger partial charge in [0.25, 0.3) is 0 Å². The molecule has 17 heavy (non-hydrogen) atoms. The lowest BCUT2D eigenvalue weighted by molar-refractivity contribution is -0.904. The van der Waals surface area contributed by atoms with Crippen LogP contribution >= 0.6 is 15.9 Å². The standard InChI is InChI=1S/C14H20BrNO/c1-12-5-6-14(13(15)11-12)17-10-9-16-7-3-2-4-8-16/h5-6,11H,2-4,7-10H2,1H3/p+1. The molecule has 2 rings (SSSR count). The summed E-state index contributed by atoms with van der Waals surface area (Å²) in [5, 5.41) is 0. The van der Waals surface area contributed by atoms with Gasteiger partial charge in [0, 0.05) is 0 Å². The number of hydrogen-bond donors (Lipinski definition) is 1. The van der Waals surface area contributed by atoms with Crippen molar-refractivity contribution in [2.75, 3.05) is 26.2 Å². The lowest BCUT2D eigenvalue weighted by Gasteiger charge is -2.23. The van der Waals surface area contributed by atoms with Crippen molar-refractivity contribution in [2.45, 2.75) is 26.2 Å². The summed E-state index contributed by atoms with van der Waals surface area (Å²) in [6.45, 7) is 6.67. The Morgan fingerprint density at radius 3 is 2.71 bits per heavy atom. The average Bonchev–Trinajstić information content (AvgIpc) is 2.33. The first-order chi connectivity index (χ1) is 8.25. The fourth-order valence-electron chi connectivity index (χ4n) is 2.33. The van der Waals surface area contributed by atoms with Gasteiger partial charge in [-0.05, 0) is 59.8 Å². The highest BCUT2D eigenvalue weighted by atomic mass is 79.9. The summed E-state index contributed by atoms with van der Waals surface area (Å²) in [4.78, 5) is 1.69. The molecule has 0 saturated carbocycles. The molecule has 1 aliphatic rings. The van der Waals surface area contributed by atoms with Crippen LogP contribution in [0.5, 0.6) is 5.75 Å². The molecule has 0 aliphatic carbocycles. The summed E-state index contributed by atoms with van der Waals surface area (Å²) < 4.78 is 6.89. The van der Waals surface area contributed by atoms with Crippen molar-refractivity contribution >= 4 is 15.9 Å². The van der Waals surface area contributed by atoms with Crippen LogP contribution in [-0.2, 0) is 0 Å². The number of quaternary nitrogens is 1. The van der Waals surface area contributed by atoms with Crippen LogP contribution in [0.4, 0.5) is 0 Å². The van der Waals surface area contributed by atoms with Crippen molar-refractivity contribution in [3.05, 3.63) is 28.2 Å². The molecular formula is C14H21BrNO+. The van der Waals surface area contributed by atoms with E-state index < -0.39 is 0 Å². The van der Waals surface area contributed by atoms with E-state index in [-0.39, 0.29) is 0 Å². The van der Waals surface area contributed by atoms with E-state index in [9.17, 15) is 0 Å². The molecule has 0 unspecified atom stereocenters. The zero-order chi connectivity index (χ0) is 12.1. The van der Waals surface area contributed by atoms with Gasteiger partial charge in [-0.1, -0.05) is 6.07 Å². The van der Waals surface area contributed by atoms with E-state index in [1.165, 1.54) is 37.9 Å². The molecule has 2 nitrogen and oxygen atoms in total. The first-order valence-electron chi connectivity index (χ1n) is 6.48. The molecule has 1 aliphatic heterocycles. The average molecular weight is 299 g/mol. The number of hydrogen-bond acceptors (Lipinski definition) is 1. The van der Waals surface area contributed by atoms with Crippen LogP contribution in [-0.4, -0.2) is 26.2 Å². The van der Waals surface area contributed by atoms with Crippen molar-refractivity contribution in [3.63, 3.8) is 0 Å². The van der Waals surface area contributed by atoms with Crippen LogP contribution in [0.2, 0.25) is 0 Å². The van der Waals surface area contributed by atoms with Crippen LogP contribution in [0.15, 0.2) is 22.7 Å². The van der Waals surface area contributed by atoms with Crippen LogP contribution in [0.1, 0.15) is 24.8 Å². The minimum Gasteiger partial charge on any atom is -0.487 e. The number of ether oxygens (including phenoxy) is 1. The highest BCUT2D eigenvalue weighted by molar-refractivity contribution is 9.10. The topological polar surface area (TPSA) is 13.7 Å². The normalized spacial score (nSPS) is 17.1. The molecule has 1 saturated heterocycles. The van der Waals surface area contributed by atoms with Gasteiger partial charge in [-0.25, -0.2) is 0 Å². The first-order valence-corrected chi connectivity index (χ1v) is 7.27. The third-order valence-corrected chi connectivity index (χ3v) is 3.98. The minimum absolute atomic E-state index is 0.816. The summed E-state index contributed by atoms with van der Waals surface area (Å²) >= 11 is 3.54. The van der Waals surface area contributed by atoms with Gasteiger partial charge in [0.15, 0.2) is 0 Å². The predicted octanol–water partition coefficient (Wildman–Crippen LogP) is 2.21. The van der Waals surface area contributed by atoms with Crippen LogP contribution < -0.4 is 9.64 Å². The Labute approximate surface area is 112 Å². The van der Waals surface area contributed by atoms with Crippen molar-refractivity contribution in [3.8, 4) is 5.75 Å². The molecule has 1 aromatic carbocycles. The number of nitrogens with one attached hydrogen (secondary N) is 1. The molecule has 94 valence electrons. The van der Waals surface area contributed by atoms with E-state index in [2.05, 4.69) is 35.0 Å². The van der Waals surface area contributed by atoms with E-state index in [4.69, 9.17) is 4.74 Å². The van der Waals surface area contributed by atoms with Gasteiger partial charge < -0.3 is 9.64 Å². The predicted molar refractivity (Wildman–Crippen MR) is 73.8 cm³/mol. The number of aryl methyl sites for hydroxylation is 1. The Morgan fingerprint density at radius 2 is 2.00 bits per heavy atom. The zero-order valence-corrected chi connectivity index (χ0v) is 12.1. The second-order valence-electron chi connectivity index (χ2n) is 4.84. The van der Waals surface area contributed by atoms with Crippen LogP contribution in [0, 0.1) is 6.92 Å². The molecule has 0 spiro atoms. The largest absolute Gasteiger partial charge is 0.487 e. The molecule has 3 heteroatoms. The quantitative estimate of drug-likeness (QED) is 0.900. The fraction of sp³-hybridized carbons (Fsp3) is 0.571. The third-order valence-electron chi connectivity index (χ3n) is 3.36. The number of piperidine rings is 1. The number of rotatable bonds is 4. The lowest BCUT2D eigenvalue weighted by Crippen LogP contribution is -3.13. The second-order valence-corrected chi connectivity index (χ2v) is 5.70. The Hall–Kier alpha value is -0.540. The van der Waals surface area contributed by atoms with Crippen LogP contribution in [0.25, 0.3) is 0 Å². The fourth-order valence-corrected chi connectivity index (χ4v) is 2.94. The number of halogens is 1. The number of benzene rings is 1. The summed E-state index contributed by atoms with van der Waals surface area (Å²) in [6, 6.07) is 6.24. The molecule has 0 radical (unpaired) electrons. The monoisotopic (exact) mass is 298 g/mol. The van der Waals surface area contributed by atoms with Gasteiger partial charge in [-0.2, -0.15) is 0 Å². The Bertz CT molecular complexity index is 361. The maximum Gasteiger partial charge on any atom is 0.137 e. The Balaban J connectivity index is 1.77. The van der Waals surface area contributed by atoms with E-state index >= 15 is 0 Å². The summed E-state index contributed by atoms with van der Waals surface area (Å²) in [7, 11) is 0. The van der Waals surface area contributed by atoms with Gasteiger partial charge >= 0.3 is 0 Å². The second kappa shape index (κ2) is 6.41. The van der Waals surface area contributed by atoms with Crippen LogP contribution in [0.3, 0.4) is 0 Å². The maximum atomic E-state index is 5.83. The molecule has 0 aromatic heterocycles. The van der Waals surface area contributed by atoms with Crippen molar-refractivity contribution < 1.29 is 9.64 Å². The first kappa shape index (κ1) is 12.9. The molecule has 1 fully saturated rings. The molecular weight excluding hydrogens is 278 g/mol. The maximum absolute atomic E-state index is 5.83. The summed E-state index contributed by atoms with van der Waals surface area (Å²) in [5.74, 6) is 0.965. The van der Waals surface area contributed by atoms with E-state index in [1.807, 2.05) is 6.07 Å². The molecule has 0 amide bonds. The molecule has 1 aromatic rings. The zero-order valence-electron chi connectivity index (χ0n) is 10.5. The smallest absolute Gasteiger partial charge is 0.137 e. The third kappa shape index (κ3) is 4.00. The van der Waals surface area contributed by atoms with Crippen molar-refractivity contribution in [1.82, 2.24) is 0 Å². The minimum atomic E-state index is 0.816. The van der Waals surface area contributed by atoms with Gasteiger partial charge in [0.05, 0.1) is 17.6 Å². The van der Waals surface area contributed by atoms with Gasteiger partial charge in [-0.15, -0.1) is 0 Å². The Morgan fingerprint density at radius 1 is 1.24 bits per heavy atom. The van der Waals surface area contributed by atoms with Gasteiger partial charge in [0.2, 0.25) is 0 Å². The van der Waals surface area contributed by atoms with Crippen molar-refractivity contribution in [1.29, 1.82) is 0 Å². The highest BCUT2D eigenvalue weighted by Crippen LogP contribution is 2.25. The molecule has 0 bridgehead atoms. The molecule has 0 atom stereocenters.